The predicted molar refractivity (Wildman–Crippen MR) is 111 cm³/mol. The summed E-state index contributed by atoms with van der Waals surface area (Å²) in [6, 6.07) is 4.64. The second-order valence-corrected chi connectivity index (χ2v) is 7.71. The number of aromatic nitrogens is 2. The number of aliphatic carboxylic acids is 2. The summed E-state index contributed by atoms with van der Waals surface area (Å²) in [5.41, 5.74) is 1.67. The van der Waals surface area contributed by atoms with Gasteiger partial charge in [-0.2, -0.15) is 0 Å². The van der Waals surface area contributed by atoms with Crippen LogP contribution in [-0.2, 0) is 20.9 Å². The molecule has 2 atom stereocenters. The average molecular weight is 431 g/mol. The van der Waals surface area contributed by atoms with Gasteiger partial charge in [0.05, 0.1) is 11.0 Å². The first-order valence-corrected chi connectivity index (χ1v) is 9.97. The Bertz CT molecular complexity index is 1020. The first kappa shape index (κ1) is 22.1. The van der Waals surface area contributed by atoms with Crippen molar-refractivity contribution >= 4 is 40.9 Å². The maximum atomic E-state index is 12.9. The van der Waals surface area contributed by atoms with Crippen LogP contribution < -0.4 is 15.5 Å². The van der Waals surface area contributed by atoms with Gasteiger partial charge in [0.15, 0.2) is 0 Å². The van der Waals surface area contributed by atoms with Gasteiger partial charge in [-0.1, -0.05) is 26.0 Å². The van der Waals surface area contributed by atoms with Crippen molar-refractivity contribution in [1.29, 1.82) is 0 Å². The summed E-state index contributed by atoms with van der Waals surface area (Å²) in [4.78, 5) is 53.7. The second kappa shape index (κ2) is 9.02. The van der Waals surface area contributed by atoms with E-state index in [-0.39, 0.29) is 12.3 Å². The van der Waals surface area contributed by atoms with Crippen LogP contribution in [0.5, 0.6) is 0 Å². The molecule has 0 radical (unpaired) electrons. The fourth-order valence-electron chi connectivity index (χ4n) is 3.51. The summed E-state index contributed by atoms with van der Waals surface area (Å²) in [5.74, 6) is -3.04. The number of hydrogen-bond acceptors (Lipinski definition) is 5. The number of imidazole rings is 1. The molecule has 2 aromatic rings. The number of para-hydroxylation sites is 2. The molecule has 2 heterocycles. The van der Waals surface area contributed by atoms with Gasteiger partial charge in [0.25, 0.3) is 0 Å². The molecule has 31 heavy (non-hydrogen) atoms. The monoisotopic (exact) mass is 431 g/mol. The SMILES string of the molecule is CC(C)[C@H](NC(=O)N1CCn2c1nc1ccccc12)C(=O)N[C@@H](CCC(=O)O)C(=O)O. The Hall–Kier alpha value is -3.63. The van der Waals surface area contributed by atoms with E-state index in [9.17, 15) is 24.3 Å². The second-order valence-electron chi connectivity index (χ2n) is 7.71. The maximum Gasteiger partial charge on any atom is 0.326 e. The molecule has 11 nitrogen and oxygen atoms in total. The number of nitrogens with zero attached hydrogens (tertiary/aromatic N) is 3. The largest absolute Gasteiger partial charge is 0.481 e. The normalized spacial score (nSPS) is 14.9. The van der Waals surface area contributed by atoms with Crippen molar-refractivity contribution in [3.63, 3.8) is 0 Å². The number of anilines is 1. The molecule has 0 saturated heterocycles. The average Bonchev–Trinajstić information content (AvgIpc) is 3.27. The molecule has 1 aliphatic heterocycles. The lowest BCUT2D eigenvalue weighted by Crippen LogP contribution is -2.56. The molecule has 1 aromatic carbocycles. The zero-order valence-corrected chi connectivity index (χ0v) is 17.2. The number of amides is 3. The lowest BCUT2D eigenvalue weighted by Gasteiger charge is -2.26. The molecule has 166 valence electrons. The predicted octanol–water partition coefficient (Wildman–Crippen LogP) is 1.02. The molecule has 0 fully saturated rings. The van der Waals surface area contributed by atoms with Crippen molar-refractivity contribution in [2.75, 3.05) is 11.4 Å². The van der Waals surface area contributed by atoms with Crippen molar-refractivity contribution in [3.05, 3.63) is 24.3 Å². The van der Waals surface area contributed by atoms with E-state index in [0.717, 1.165) is 11.0 Å². The molecule has 0 aliphatic carbocycles. The minimum Gasteiger partial charge on any atom is -0.481 e. The van der Waals surface area contributed by atoms with Gasteiger partial charge in [-0.15, -0.1) is 0 Å². The lowest BCUT2D eigenvalue weighted by molar-refractivity contribution is -0.143. The Morgan fingerprint density at radius 2 is 1.81 bits per heavy atom. The molecule has 1 aromatic heterocycles. The van der Waals surface area contributed by atoms with Gasteiger partial charge in [0.2, 0.25) is 11.9 Å². The van der Waals surface area contributed by atoms with Gasteiger partial charge >= 0.3 is 18.0 Å². The summed E-state index contributed by atoms with van der Waals surface area (Å²) in [6.07, 6.45) is -0.661. The van der Waals surface area contributed by atoms with Crippen molar-refractivity contribution < 1.29 is 29.4 Å². The minimum atomic E-state index is -1.36. The number of rotatable bonds is 8. The Kier molecular flexibility index (Phi) is 6.42. The molecule has 1 aliphatic rings. The van der Waals surface area contributed by atoms with Crippen LogP contribution >= 0.6 is 0 Å². The number of carboxylic acid groups (broad SMARTS) is 2. The molecule has 3 rings (SSSR count). The molecule has 0 saturated carbocycles. The topological polar surface area (TPSA) is 154 Å². The summed E-state index contributed by atoms with van der Waals surface area (Å²) < 4.78 is 1.92. The first-order chi connectivity index (χ1) is 14.7. The fourth-order valence-corrected chi connectivity index (χ4v) is 3.51. The number of hydrogen-bond donors (Lipinski definition) is 4. The third-order valence-electron chi connectivity index (χ3n) is 5.16. The Balaban J connectivity index is 1.72. The number of fused-ring (bicyclic) bond motifs is 3. The standard InChI is InChI=1S/C20H25N5O6/c1-11(2)16(17(28)21-13(18(29)30)7-8-15(26)27)23-20(31)25-10-9-24-14-6-4-3-5-12(14)22-19(24)25/h3-6,11,13,16H,7-10H2,1-2H3,(H,21,28)(H,23,31)(H,26,27)(H,29,30)/t13-,16-/m0/s1. The summed E-state index contributed by atoms with van der Waals surface area (Å²) >= 11 is 0. The van der Waals surface area contributed by atoms with Gasteiger partial charge in [-0.3, -0.25) is 14.5 Å². The zero-order chi connectivity index (χ0) is 22.7. The maximum absolute atomic E-state index is 12.9. The van der Waals surface area contributed by atoms with Gasteiger partial charge in [-0.05, 0) is 24.5 Å². The summed E-state index contributed by atoms with van der Waals surface area (Å²) in [7, 11) is 0. The van der Waals surface area contributed by atoms with E-state index < -0.39 is 42.4 Å². The molecule has 4 N–H and O–H groups in total. The van der Waals surface area contributed by atoms with Gasteiger partial charge in [0, 0.05) is 19.5 Å². The number of nitrogens with one attached hydrogen (secondary N) is 2. The molecular formula is C20H25N5O6. The van der Waals surface area contributed by atoms with Crippen LogP contribution in [0.1, 0.15) is 26.7 Å². The van der Waals surface area contributed by atoms with E-state index in [1.54, 1.807) is 13.8 Å². The number of carbonyl (C=O) groups is 4. The van der Waals surface area contributed by atoms with Gasteiger partial charge in [0.1, 0.15) is 12.1 Å². The van der Waals surface area contributed by atoms with Crippen LogP contribution in [0.3, 0.4) is 0 Å². The number of carboxylic acids is 2. The van der Waals surface area contributed by atoms with E-state index in [0.29, 0.717) is 19.0 Å². The number of urea groups is 1. The highest BCUT2D eigenvalue weighted by molar-refractivity contribution is 5.97. The molecule has 0 spiro atoms. The van der Waals surface area contributed by atoms with Crippen LogP contribution in [0, 0.1) is 5.92 Å². The highest BCUT2D eigenvalue weighted by atomic mass is 16.4. The first-order valence-electron chi connectivity index (χ1n) is 9.97. The van der Waals surface area contributed by atoms with E-state index in [4.69, 9.17) is 5.11 Å². The van der Waals surface area contributed by atoms with E-state index >= 15 is 0 Å². The third kappa shape index (κ3) is 4.76. The van der Waals surface area contributed by atoms with Crippen LogP contribution in [0.2, 0.25) is 0 Å². The Morgan fingerprint density at radius 1 is 1.10 bits per heavy atom. The number of benzene rings is 1. The molecule has 3 amide bonds. The van der Waals surface area contributed by atoms with Crippen molar-refractivity contribution in [1.82, 2.24) is 20.2 Å². The minimum absolute atomic E-state index is 0.259. The fraction of sp³-hybridized carbons (Fsp3) is 0.450. The molecule has 11 heteroatoms. The highest BCUT2D eigenvalue weighted by Gasteiger charge is 2.33. The Morgan fingerprint density at radius 3 is 2.45 bits per heavy atom. The quantitative estimate of drug-likeness (QED) is 0.487. The lowest BCUT2D eigenvalue weighted by atomic mass is 10.0. The molecule has 0 unspecified atom stereocenters. The third-order valence-corrected chi connectivity index (χ3v) is 5.16. The van der Waals surface area contributed by atoms with Gasteiger partial charge < -0.3 is 25.4 Å². The van der Waals surface area contributed by atoms with Crippen LogP contribution in [0.4, 0.5) is 10.7 Å². The van der Waals surface area contributed by atoms with E-state index in [1.165, 1.54) is 4.90 Å². The number of carbonyl (C=O) groups excluding carboxylic acids is 2. The zero-order valence-electron chi connectivity index (χ0n) is 17.2. The Labute approximate surface area is 178 Å². The van der Waals surface area contributed by atoms with Crippen LogP contribution in [0.15, 0.2) is 24.3 Å². The van der Waals surface area contributed by atoms with Crippen LogP contribution in [-0.4, -0.2) is 62.3 Å². The van der Waals surface area contributed by atoms with Crippen molar-refractivity contribution in [3.8, 4) is 0 Å². The van der Waals surface area contributed by atoms with Gasteiger partial charge in [-0.25, -0.2) is 14.6 Å². The molecular weight excluding hydrogens is 406 g/mol. The molecule has 0 bridgehead atoms. The van der Waals surface area contributed by atoms with Crippen molar-refractivity contribution in [2.45, 2.75) is 45.3 Å². The van der Waals surface area contributed by atoms with E-state index in [2.05, 4.69) is 15.6 Å². The van der Waals surface area contributed by atoms with Crippen LogP contribution in [0.25, 0.3) is 11.0 Å². The smallest absolute Gasteiger partial charge is 0.326 e. The highest BCUT2D eigenvalue weighted by Crippen LogP contribution is 2.27. The summed E-state index contributed by atoms with van der Waals surface area (Å²) in [5, 5.41) is 23.0. The summed E-state index contributed by atoms with van der Waals surface area (Å²) in [6.45, 7) is 4.40. The van der Waals surface area contributed by atoms with Crippen molar-refractivity contribution in [2.24, 2.45) is 5.92 Å². The van der Waals surface area contributed by atoms with E-state index in [1.807, 2.05) is 28.8 Å².